The molecule has 2 aliphatic heterocycles. The summed E-state index contributed by atoms with van der Waals surface area (Å²) in [6, 6.07) is 6.29. The van der Waals surface area contributed by atoms with Gasteiger partial charge in [0.1, 0.15) is 5.75 Å². The normalized spacial score (nSPS) is 24.7. The predicted octanol–water partition coefficient (Wildman–Crippen LogP) is 4.13. The summed E-state index contributed by atoms with van der Waals surface area (Å²) in [5.41, 5.74) is 2.70. The van der Waals surface area contributed by atoms with E-state index in [1.165, 1.54) is 0 Å². The lowest BCUT2D eigenvalue weighted by molar-refractivity contribution is -0.149. The third-order valence-electron chi connectivity index (χ3n) is 5.49. The SMILES string of the molecule is CCOC(=O)C1CC2CCC(C1)N2c1nc(-c2cc(C)ccc2O)cs1. The lowest BCUT2D eigenvalue weighted by Gasteiger charge is -2.37. The topological polar surface area (TPSA) is 62.7 Å². The second kappa shape index (κ2) is 6.91. The monoisotopic (exact) mass is 372 g/mol. The fourth-order valence-electron chi connectivity index (χ4n) is 4.30. The molecule has 0 saturated carbocycles. The van der Waals surface area contributed by atoms with Crippen LogP contribution in [-0.2, 0) is 9.53 Å². The van der Waals surface area contributed by atoms with E-state index in [1.807, 2.05) is 31.4 Å². The van der Waals surface area contributed by atoms with Crippen molar-refractivity contribution in [2.75, 3.05) is 11.5 Å². The summed E-state index contributed by atoms with van der Waals surface area (Å²) in [6.07, 6.45) is 3.90. The van der Waals surface area contributed by atoms with Gasteiger partial charge in [0.15, 0.2) is 5.13 Å². The molecule has 138 valence electrons. The number of benzene rings is 1. The van der Waals surface area contributed by atoms with Crippen LogP contribution in [0, 0.1) is 12.8 Å². The summed E-state index contributed by atoms with van der Waals surface area (Å²) in [6.45, 7) is 4.32. The number of ether oxygens (including phenoxy) is 1. The highest BCUT2D eigenvalue weighted by atomic mass is 32.1. The molecule has 3 heterocycles. The summed E-state index contributed by atoms with van der Waals surface area (Å²) in [4.78, 5) is 19.4. The van der Waals surface area contributed by atoms with Crippen LogP contribution in [0.1, 0.15) is 38.2 Å². The maximum absolute atomic E-state index is 12.1. The highest BCUT2D eigenvalue weighted by Crippen LogP contribution is 2.44. The van der Waals surface area contributed by atoms with E-state index in [0.717, 1.165) is 47.6 Å². The van der Waals surface area contributed by atoms with Crippen LogP contribution in [0.2, 0.25) is 0 Å². The van der Waals surface area contributed by atoms with Gasteiger partial charge in [-0.15, -0.1) is 11.3 Å². The van der Waals surface area contributed by atoms with Crippen LogP contribution in [0.25, 0.3) is 11.3 Å². The zero-order valence-corrected chi connectivity index (χ0v) is 16.0. The van der Waals surface area contributed by atoms with E-state index in [4.69, 9.17) is 9.72 Å². The van der Waals surface area contributed by atoms with Gasteiger partial charge in [0.25, 0.3) is 0 Å². The maximum Gasteiger partial charge on any atom is 0.309 e. The molecule has 1 aromatic heterocycles. The first-order valence-electron chi connectivity index (χ1n) is 9.27. The maximum atomic E-state index is 12.1. The highest BCUT2D eigenvalue weighted by molar-refractivity contribution is 7.14. The summed E-state index contributed by atoms with van der Waals surface area (Å²) in [5.74, 6) is 0.231. The first-order valence-corrected chi connectivity index (χ1v) is 10.1. The molecule has 2 saturated heterocycles. The number of aryl methyl sites for hydroxylation is 1. The molecular formula is C20H24N2O3S. The number of thiazole rings is 1. The summed E-state index contributed by atoms with van der Waals surface area (Å²) in [7, 11) is 0. The lowest BCUT2D eigenvalue weighted by atomic mass is 9.91. The van der Waals surface area contributed by atoms with Gasteiger partial charge in [0.05, 0.1) is 18.2 Å². The molecule has 0 radical (unpaired) electrons. The smallest absolute Gasteiger partial charge is 0.309 e. The van der Waals surface area contributed by atoms with Crippen LogP contribution in [0.5, 0.6) is 5.75 Å². The molecule has 0 spiro atoms. The molecule has 2 unspecified atom stereocenters. The van der Waals surface area contributed by atoms with Crippen molar-refractivity contribution in [2.45, 2.75) is 51.6 Å². The lowest BCUT2D eigenvalue weighted by Crippen LogP contribution is -2.45. The molecule has 2 aliphatic rings. The molecule has 0 aliphatic carbocycles. The van der Waals surface area contributed by atoms with E-state index in [1.54, 1.807) is 17.4 Å². The largest absolute Gasteiger partial charge is 0.507 e. The molecule has 1 aromatic carbocycles. The number of aromatic nitrogens is 1. The van der Waals surface area contributed by atoms with Crippen molar-refractivity contribution < 1.29 is 14.6 Å². The highest BCUT2D eigenvalue weighted by Gasteiger charge is 2.44. The fourth-order valence-corrected chi connectivity index (χ4v) is 5.27. The fraction of sp³-hybridized carbons (Fsp3) is 0.500. The van der Waals surface area contributed by atoms with Crippen LogP contribution >= 0.6 is 11.3 Å². The number of esters is 1. The zero-order chi connectivity index (χ0) is 18.3. The average molecular weight is 372 g/mol. The third kappa shape index (κ3) is 3.07. The molecule has 5 nitrogen and oxygen atoms in total. The first-order chi connectivity index (χ1) is 12.6. The Balaban J connectivity index is 1.56. The number of phenols is 1. The Hall–Kier alpha value is -2.08. The molecular weight excluding hydrogens is 348 g/mol. The number of nitrogens with zero attached hydrogens (tertiary/aromatic N) is 2. The van der Waals surface area contributed by atoms with Gasteiger partial charge in [-0.25, -0.2) is 4.98 Å². The van der Waals surface area contributed by atoms with Crippen LogP contribution in [0.3, 0.4) is 0 Å². The standard InChI is InChI=1S/C20H24N2O3S/c1-3-25-19(24)13-9-14-5-6-15(10-13)22(14)20-21-17(11-26-20)16-8-12(2)4-7-18(16)23/h4,7-8,11,13-15,23H,3,5-6,9-10H2,1-2H3. The first kappa shape index (κ1) is 17.3. The number of rotatable bonds is 4. The molecule has 2 bridgehead atoms. The summed E-state index contributed by atoms with van der Waals surface area (Å²) >= 11 is 1.62. The molecule has 6 heteroatoms. The van der Waals surface area contributed by atoms with Crippen molar-refractivity contribution in [3.05, 3.63) is 29.1 Å². The van der Waals surface area contributed by atoms with E-state index >= 15 is 0 Å². The van der Waals surface area contributed by atoms with Gasteiger partial charge in [-0.2, -0.15) is 0 Å². The molecule has 26 heavy (non-hydrogen) atoms. The Morgan fingerprint density at radius 2 is 2.08 bits per heavy atom. The van der Waals surface area contributed by atoms with Crippen LogP contribution in [0.15, 0.2) is 23.6 Å². The Morgan fingerprint density at radius 3 is 2.77 bits per heavy atom. The Kier molecular flexibility index (Phi) is 4.61. The molecule has 2 aromatic rings. The minimum absolute atomic E-state index is 0.0175. The summed E-state index contributed by atoms with van der Waals surface area (Å²) in [5, 5.41) is 13.2. The molecule has 2 atom stereocenters. The van der Waals surface area contributed by atoms with E-state index in [2.05, 4.69) is 4.90 Å². The van der Waals surface area contributed by atoms with E-state index in [0.29, 0.717) is 18.7 Å². The van der Waals surface area contributed by atoms with Gasteiger partial charge < -0.3 is 14.7 Å². The van der Waals surface area contributed by atoms with Crippen LogP contribution < -0.4 is 4.90 Å². The minimum Gasteiger partial charge on any atom is -0.507 e. The number of phenolic OH excluding ortho intramolecular Hbond substituents is 1. The van der Waals surface area contributed by atoms with Crippen molar-refractivity contribution in [1.82, 2.24) is 4.98 Å². The van der Waals surface area contributed by atoms with E-state index < -0.39 is 0 Å². The van der Waals surface area contributed by atoms with Gasteiger partial charge in [-0.1, -0.05) is 11.6 Å². The van der Waals surface area contributed by atoms with Gasteiger partial charge >= 0.3 is 5.97 Å². The van der Waals surface area contributed by atoms with Gasteiger partial charge in [0, 0.05) is 23.0 Å². The van der Waals surface area contributed by atoms with Crippen molar-refractivity contribution in [3.63, 3.8) is 0 Å². The molecule has 1 N–H and O–H groups in total. The zero-order valence-electron chi connectivity index (χ0n) is 15.1. The molecule has 2 fully saturated rings. The van der Waals surface area contributed by atoms with E-state index in [9.17, 15) is 9.90 Å². The number of fused-ring (bicyclic) bond motifs is 2. The van der Waals surface area contributed by atoms with E-state index in [-0.39, 0.29) is 17.6 Å². The van der Waals surface area contributed by atoms with Gasteiger partial charge in [-0.05, 0) is 51.7 Å². The van der Waals surface area contributed by atoms with Crippen molar-refractivity contribution >= 4 is 22.4 Å². The van der Waals surface area contributed by atoms with Crippen molar-refractivity contribution in [2.24, 2.45) is 5.92 Å². The summed E-state index contributed by atoms with van der Waals surface area (Å²) < 4.78 is 5.23. The quantitative estimate of drug-likeness (QED) is 0.818. The Morgan fingerprint density at radius 1 is 1.35 bits per heavy atom. The number of hydrogen-bond donors (Lipinski definition) is 1. The Bertz CT molecular complexity index is 805. The average Bonchev–Trinajstić information content (AvgIpc) is 3.19. The second-order valence-corrected chi connectivity index (χ2v) is 8.09. The Labute approximate surface area is 157 Å². The number of carbonyl (C=O) groups is 1. The third-order valence-corrected chi connectivity index (χ3v) is 6.35. The second-order valence-electron chi connectivity index (χ2n) is 7.25. The number of piperidine rings is 1. The van der Waals surface area contributed by atoms with Gasteiger partial charge in [0.2, 0.25) is 0 Å². The predicted molar refractivity (Wildman–Crippen MR) is 103 cm³/mol. The van der Waals surface area contributed by atoms with Gasteiger partial charge in [-0.3, -0.25) is 4.79 Å². The van der Waals surface area contributed by atoms with Crippen LogP contribution in [0.4, 0.5) is 5.13 Å². The number of anilines is 1. The minimum atomic E-state index is -0.0476. The number of hydrogen-bond acceptors (Lipinski definition) is 6. The van der Waals surface area contributed by atoms with Crippen LogP contribution in [-0.4, -0.2) is 34.8 Å². The molecule has 4 rings (SSSR count). The molecule has 0 amide bonds. The van der Waals surface area contributed by atoms with Crippen molar-refractivity contribution in [3.8, 4) is 17.0 Å². The van der Waals surface area contributed by atoms with Crippen molar-refractivity contribution in [1.29, 1.82) is 0 Å². The number of carbonyl (C=O) groups excluding carboxylic acids is 1. The number of aromatic hydroxyl groups is 1.